The SMILES string of the molecule is Cc1cccc(-n2nc(I)c3ccc([N+](=O)[O-])cc32)c1. The molecule has 0 aliphatic rings. The Bertz CT molecular complexity index is 826. The Kier molecular flexibility index (Phi) is 3.17. The van der Waals surface area contributed by atoms with Crippen LogP contribution in [-0.4, -0.2) is 14.7 Å². The number of non-ortho nitro benzene ring substituents is 1. The van der Waals surface area contributed by atoms with Crippen molar-refractivity contribution < 1.29 is 4.92 Å². The van der Waals surface area contributed by atoms with Crippen LogP contribution in [0.1, 0.15) is 5.56 Å². The first-order chi connectivity index (χ1) is 9.56. The predicted molar refractivity (Wildman–Crippen MR) is 85.2 cm³/mol. The van der Waals surface area contributed by atoms with Crippen LogP contribution in [0.25, 0.3) is 16.6 Å². The van der Waals surface area contributed by atoms with Gasteiger partial charge in [0.2, 0.25) is 0 Å². The van der Waals surface area contributed by atoms with Gasteiger partial charge in [-0.15, -0.1) is 0 Å². The average molecular weight is 379 g/mol. The lowest BCUT2D eigenvalue weighted by molar-refractivity contribution is -0.384. The Morgan fingerprint density at radius 1 is 1.25 bits per heavy atom. The molecule has 0 N–H and O–H groups in total. The molecule has 0 bridgehead atoms. The van der Waals surface area contributed by atoms with Gasteiger partial charge in [-0.25, -0.2) is 4.68 Å². The summed E-state index contributed by atoms with van der Waals surface area (Å²) in [5.41, 5.74) is 2.84. The second-order valence-corrected chi connectivity index (χ2v) is 5.52. The highest BCUT2D eigenvalue weighted by Crippen LogP contribution is 2.27. The first-order valence-corrected chi connectivity index (χ1v) is 7.04. The largest absolute Gasteiger partial charge is 0.271 e. The lowest BCUT2D eigenvalue weighted by Crippen LogP contribution is -1.97. The molecule has 2 aromatic carbocycles. The Labute approximate surface area is 128 Å². The van der Waals surface area contributed by atoms with Crippen LogP contribution >= 0.6 is 22.6 Å². The summed E-state index contributed by atoms with van der Waals surface area (Å²) >= 11 is 2.14. The summed E-state index contributed by atoms with van der Waals surface area (Å²) in [7, 11) is 0. The number of aromatic nitrogens is 2. The highest BCUT2D eigenvalue weighted by Gasteiger charge is 2.14. The number of hydrogen-bond donors (Lipinski definition) is 0. The number of rotatable bonds is 2. The fourth-order valence-corrected chi connectivity index (χ4v) is 2.81. The number of hydrogen-bond acceptors (Lipinski definition) is 3. The van der Waals surface area contributed by atoms with Gasteiger partial charge < -0.3 is 0 Å². The van der Waals surface area contributed by atoms with Gasteiger partial charge in [0.05, 0.1) is 16.1 Å². The van der Waals surface area contributed by atoms with Crippen molar-refractivity contribution in [1.82, 2.24) is 9.78 Å². The van der Waals surface area contributed by atoms with E-state index in [2.05, 4.69) is 27.7 Å². The number of fused-ring (bicyclic) bond motifs is 1. The minimum absolute atomic E-state index is 0.0719. The van der Waals surface area contributed by atoms with Gasteiger partial charge in [0.25, 0.3) is 5.69 Å². The zero-order valence-corrected chi connectivity index (χ0v) is 12.7. The standard InChI is InChI=1S/C14H10IN3O2/c1-9-3-2-4-10(7-9)17-13-8-11(18(19)20)5-6-12(13)14(15)16-17/h2-8H,1H3. The van der Waals surface area contributed by atoms with Gasteiger partial charge in [-0.05, 0) is 53.3 Å². The van der Waals surface area contributed by atoms with Crippen molar-refractivity contribution >= 4 is 39.2 Å². The molecular formula is C14H10IN3O2. The molecule has 0 fully saturated rings. The number of nitrogens with zero attached hydrogens (tertiary/aromatic N) is 3. The molecule has 0 saturated heterocycles. The van der Waals surface area contributed by atoms with E-state index in [4.69, 9.17) is 0 Å². The molecule has 3 aromatic rings. The van der Waals surface area contributed by atoms with E-state index in [0.717, 1.165) is 25.9 Å². The topological polar surface area (TPSA) is 61.0 Å². The summed E-state index contributed by atoms with van der Waals surface area (Å²) in [4.78, 5) is 10.5. The van der Waals surface area contributed by atoms with Gasteiger partial charge in [0, 0.05) is 17.5 Å². The van der Waals surface area contributed by atoms with Crippen LogP contribution in [0.3, 0.4) is 0 Å². The van der Waals surface area contributed by atoms with Crippen molar-refractivity contribution in [2.45, 2.75) is 6.92 Å². The minimum Gasteiger partial charge on any atom is -0.258 e. The molecular weight excluding hydrogens is 369 g/mol. The van der Waals surface area contributed by atoms with E-state index in [-0.39, 0.29) is 10.6 Å². The molecule has 6 heteroatoms. The van der Waals surface area contributed by atoms with E-state index in [1.807, 2.05) is 31.2 Å². The number of nitro benzene ring substituents is 1. The van der Waals surface area contributed by atoms with E-state index in [1.54, 1.807) is 16.8 Å². The van der Waals surface area contributed by atoms with Gasteiger partial charge >= 0.3 is 0 Å². The lowest BCUT2D eigenvalue weighted by Gasteiger charge is -2.04. The molecule has 0 atom stereocenters. The Morgan fingerprint density at radius 3 is 2.75 bits per heavy atom. The van der Waals surface area contributed by atoms with Crippen LogP contribution < -0.4 is 0 Å². The zero-order valence-electron chi connectivity index (χ0n) is 10.6. The van der Waals surface area contributed by atoms with Crippen LogP contribution in [0.2, 0.25) is 0 Å². The first-order valence-electron chi connectivity index (χ1n) is 5.96. The molecule has 0 aliphatic carbocycles. The molecule has 1 aromatic heterocycles. The summed E-state index contributed by atoms with van der Waals surface area (Å²) in [5, 5.41) is 16.3. The molecule has 0 saturated carbocycles. The van der Waals surface area contributed by atoms with Crippen molar-refractivity contribution in [3.05, 3.63) is 61.8 Å². The van der Waals surface area contributed by atoms with Crippen molar-refractivity contribution in [3.8, 4) is 5.69 Å². The quantitative estimate of drug-likeness (QED) is 0.386. The third-order valence-electron chi connectivity index (χ3n) is 3.08. The molecule has 100 valence electrons. The smallest absolute Gasteiger partial charge is 0.258 e. The maximum atomic E-state index is 10.9. The number of halogens is 1. The third kappa shape index (κ3) is 2.15. The third-order valence-corrected chi connectivity index (χ3v) is 3.87. The zero-order chi connectivity index (χ0) is 14.3. The van der Waals surface area contributed by atoms with Crippen molar-refractivity contribution in [2.24, 2.45) is 0 Å². The van der Waals surface area contributed by atoms with Crippen molar-refractivity contribution in [2.75, 3.05) is 0 Å². The van der Waals surface area contributed by atoms with Gasteiger partial charge in [-0.3, -0.25) is 10.1 Å². The molecule has 0 radical (unpaired) electrons. The summed E-state index contributed by atoms with van der Waals surface area (Å²) in [5.74, 6) is 0. The van der Waals surface area contributed by atoms with Crippen LogP contribution in [0.5, 0.6) is 0 Å². The van der Waals surface area contributed by atoms with Crippen LogP contribution in [0, 0.1) is 20.7 Å². The Balaban J connectivity index is 2.30. The number of aryl methyl sites for hydroxylation is 1. The van der Waals surface area contributed by atoms with Gasteiger partial charge in [0.15, 0.2) is 0 Å². The van der Waals surface area contributed by atoms with E-state index in [0.29, 0.717) is 0 Å². The highest BCUT2D eigenvalue weighted by molar-refractivity contribution is 14.1. The molecule has 1 heterocycles. The normalized spacial score (nSPS) is 10.9. The van der Waals surface area contributed by atoms with E-state index in [1.165, 1.54) is 6.07 Å². The summed E-state index contributed by atoms with van der Waals surface area (Å²) in [6.07, 6.45) is 0. The van der Waals surface area contributed by atoms with Gasteiger partial charge in [-0.1, -0.05) is 12.1 Å². The van der Waals surface area contributed by atoms with E-state index >= 15 is 0 Å². The summed E-state index contributed by atoms with van der Waals surface area (Å²) < 4.78 is 2.57. The Hall–Kier alpha value is -1.96. The molecule has 5 nitrogen and oxygen atoms in total. The monoisotopic (exact) mass is 379 g/mol. The second-order valence-electron chi connectivity index (χ2n) is 4.50. The average Bonchev–Trinajstić information content (AvgIpc) is 2.76. The molecule has 20 heavy (non-hydrogen) atoms. The summed E-state index contributed by atoms with van der Waals surface area (Å²) in [6, 6.07) is 12.7. The second kappa shape index (κ2) is 4.86. The van der Waals surface area contributed by atoms with Gasteiger partial charge in [-0.2, -0.15) is 5.10 Å². The molecule has 0 spiro atoms. The van der Waals surface area contributed by atoms with Crippen LogP contribution in [-0.2, 0) is 0 Å². The Morgan fingerprint density at radius 2 is 2.05 bits per heavy atom. The van der Waals surface area contributed by atoms with E-state index in [9.17, 15) is 10.1 Å². The molecule has 0 unspecified atom stereocenters. The number of nitro groups is 1. The predicted octanol–water partition coefficient (Wildman–Crippen LogP) is 3.85. The van der Waals surface area contributed by atoms with E-state index < -0.39 is 0 Å². The highest BCUT2D eigenvalue weighted by atomic mass is 127. The number of benzene rings is 2. The van der Waals surface area contributed by atoms with Crippen molar-refractivity contribution in [1.29, 1.82) is 0 Å². The summed E-state index contributed by atoms with van der Waals surface area (Å²) in [6.45, 7) is 2.00. The molecule has 3 rings (SSSR count). The minimum atomic E-state index is -0.389. The fraction of sp³-hybridized carbons (Fsp3) is 0.0714. The van der Waals surface area contributed by atoms with Gasteiger partial charge in [0.1, 0.15) is 3.70 Å². The molecule has 0 aliphatic heterocycles. The maximum absolute atomic E-state index is 10.9. The maximum Gasteiger partial charge on any atom is 0.271 e. The lowest BCUT2D eigenvalue weighted by atomic mass is 10.2. The first kappa shape index (κ1) is 13.0. The molecule has 0 amide bonds. The van der Waals surface area contributed by atoms with Crippen molar-refractivity contribution in [3.63, 3.8) is 0 Å². The van der Waals surface area contributed by atoms with Crippen LogP contribution in [0.4, 0.5) is 5.69 Å². The fourth-order valence-electron chi connectivity index (χ4n) is 2.14. The van der Waals surface area contributed by atoms with Crippen LogP contribution in [0.15, 0.2) is 42.5 Å².